The van der Waals surface area contributed by atoms with Crippen LogP contribution in [0.4, 0.5) is 0 Å². The first-order valence-electron chi connectivity index (χ1n) is 5.53. The summed E-state index contributed by atoms with van der Waals surface area (Å²) in [7, 11) is 0. The molecule has 5 heteroatoms. The maximum absolute atomic E-state index is 4.12. The molecule has 86 valence electrons. The van der Waals surface area contributed by atoms with Crippen LogP contribution in [0.3, 0.4) is 0 Å². The molecule has 15 heavy (non-hydrogen) atoms. The Morgan fingerprint density at radius 1 is 1.33 bits per heavy atom. The molecular weight excluding hydrogens is 226 g/mol. The first-order valence-corrected chi connectivity index (χ1v) is 7.29. The average Bonchev–Trinajstić information content (AvgIpc) is 2.75. The summed E-state index contributed by atoms with van der Waals surface area (Å²) >= 11 is 3.25. The smallest absolute Gasteiger partial charge is 0.169 e. The molecule has 0 unspecified atom stereocenters. The lowest BCUT2D eigenvalue weighted by atomic mass is 10.2. The highest BCUT2D eigenvalue weighted by atomic mass is 32.2. The highest BCUT2D eigenvalue weighted by Crippen LogP contribution is 2.16. The second-order valence-electron chi connectivity index (χ2n) is 3.37. The second kappa shape index (κ2) is 9.12. The number of thioether (sulfide) groups is 1. The summed E-state index contributed by atoms with van der Waals surface area (Å²) in [5.74, 6) is 1.09. The van der Waals surface area contributed by atoms with Gasteiger partial charge < -0.3 is 5.32 Å². The number of rotatable bonds is 9. The van der Waals surface area contributed by atoms with Crippen molar-refractivity contribution in [1.29, 1.82) is 0 Å². The van der Waals surface area contributed by atoms with E-state index in [0.29, 0.717) is 0 Å². The molecule has 0 fully saturated rings. The molecule has 0 aliphatic carbocycles. The van der Waals surface area contributed by atoms with Crippen molar-refractivity contribution in [2.24, 2.45) is 0 Å². The van der Waals surface area contributed by atoms with Crippen LogP contribution in [-0.2, 0) is 0 Å². The highest BCUT2D eigenvalue weighted by Gasteiger charge is 1.96. The number of nitrogens with zero attached hydrogens (tertiary/aromatic N) is 2. The Bertz CT molecular complexity index is 227. The number of nitrogens with one attached hydrogen (secondary N) is 1. The fourth-order valence-corrected chi connectivity index (χ4v) is 2.65. The minimum atomic E-state index is 1.07. The van der Waals surface area contributed by atoms with Gasteiger partial charge in [-0.25, -0.2) is 4.98 Å². The van der Waals surface area contributed by atoms with Crippen molar-refractivity contribution in [2.45, 2.75) is 36.9 Å². The molecule has 3 nitrogen and oxygen atoms in total. The number of hydrogen-bond donors (Lipinski definition) is 1. The van der Waals surface area contributed by atoms with Gasteiger partial charge in [-0.15, -0.1) is 0 Å². The van der Waals surface area contributed by atoms with Crippen LogP contribution in [0, 0.1) is 0 Å². The fraction of sp³-hybridized carbons (Fsp3) is 0.800. The van der Waals surface area contributed by atoms with E-state index in [1.165, 1.54) is 37.2 Å². The SMILES string of the molecule is CCCCCCNCCSc1ncns1. The Kier molecular flexibility index (Phi) is 7.87. The number of unbranched alkanes of at least 4 members (excludes halogenated alkanes) is 3. The topological polar surface area (TPSA) is 37.8 Å². The van der Waals surface area contributed by atoms with E-state index in [0.717, 1.165) is 23.2 Å². The third kappa shape index (κ3) is 6.87. The van der Waals surface area contributed by atoms with Crippen LogP contribution in [0.2, 0.25) is 0 Å². The van der Waals surface area contributed by atoms with Gasteiger partial charge in [0.1, 0.15) is 6.33 Å². The Hall–Kier alpha value is -0.130. The van der Waals surface area contributed by atoms with Crippen molar-refractivity contribution in [2.75, 3.05) is 18.8 Å². The predicted molar refractivity (Wildman–Crippen MR) is 67.6 cm³/mol. The molecule has 0 atom stereocenters. The van der Waals surface area contributed by atoms with Gasteiger partial charge in [-0.2, -0.15) is 4.37 Å². The normalized spacial score (nSPS) is 10.7. The van der Waals surface area contributed by atoms with Crippen LogP contribution in [0.25, 0.3) is 0 Å². The summed E-state index contributed by atoms with van der Waals surface area (Å²) in [4.78, 5) is 4.12. The molecule has 1 N–H and O–H groups in total. The molecule has 0 radical (unpaired) electrons. The van der Waals surface area contributed by atoms with Crippen molar-refractivity contribution in [3.8, 4) is 0 Å². The maximum Gasteiger partial charge on any atom is 0.169 e. The Morgan fingerprint density at radius 2 is 2.27 bits per heavy atom. The zero-order valence-electron chi connectivity index (χ0n) is 9.24. The van der Waals surface area contributed by atoms with Crippen molar-refractivity contribution in [1.82, 2.24) is 14.7 Å². The summed E-state index contributed by atoms with van der Waals surface area (Å²) in [6.45, 7) is 4.46. The number of hydrogen-bond acceptors (Lipinski definition) is 5. The Balaban J connectivity index is 1.81. The molecular formula is C10H19N3S2. The van der Waals surface area contributed by atoms with Crippen molar-refractivity contribution in [3.05, 3.63) is 6.33 Å². The van der Waals surface area contributed by atoms with Crippen molar-refractivity contribution < 1.29 is 0 Å². The van der Waals surface area contributed by atoms with Crippen LogP contribution in [0.1, 0.15) is 32.6 Å². The zero-order valence-corrected chi connectivity index (χ0v) is 10.9. The van der Waals surface area contributed by atoms with Gasteiger partial charge in [0.15, 0.2) is 4.34 Å². The van der Waals surface area contributed by atoms with Gasteiger partial charge >= 0.3 is 0 Å². The summed E-state index contributed by atoms with van der Waals surface area (Å²) < 4.78 is 5.03. The fourth-order valence-electron chi connectivity index (χ4n) is 1.24. The molecule has 0 aromatic carbocycles. The molecule has 0 aliphatic rings. The van der Waals surface area contributed by atoms with E-state index in [2.05, 4.69) is 21.6 Å². The third-order valence-electron chi connectivity index (χ3n) is 2.05. The van der Waals surface area contributed by atoms with E-state index in [-0.39, 0.29) is 0 Å². The highest BCUT2D eigenvalue weighted by molar-refractivity contribution is 8.00. The lowest BCUT2D eigenvalue weighted by Gasteiger charge is -2.02. The molecule has 0 saturated carbocycles. The maximum atomic E-state index is 4.12. The van der Waals surface area contributed by atoms with Gasteiger partial charge in [0.2, 0.25) is 0 Å². The van der Waals surface area contributed by atoms with Gasteiger partial charge in [0.05, 0.1) is 0 Å². The summed E-state index contributed by atoms with van der Waals surface area (Å²) in [5.41, 5.74) is 0. The van der Waals surface area contributed by atoms with E-state index in [1.807, 2.05) is 0 Å². The van der Waals surface area contributed by atoms with Crippen molar-refractivity contribution in [3.63, 3.8) is 0 Å². The molecule has 1 aromatic rings. The molecule has 1 rings (SSSR count). The van der Waals surface area contributed by atoms with Gasteiger partial charge in [-0.1, -0.05) is 37.9 Å². The summed E-state index contributed by atoms with van der Waals surface area (Å²) in [6, 6.07) is 0. The molecule has 0 bridgehead atoms. The lowest BCUT2D eigenvalue weighted by Crippen LogP contribution is -2.18. The lowest BCUT2D eigenvalue weighted by molar-refractivity contribution is 0.613. The minimum absolute atomic E-state index is 1.07. The molecule has 0 saturated heterocycles. The average molecular weight is 245 g/mol. The monoisotopic (exact) mass is 245 g/mol. The third-order valence-corrected chi connectivity index (χ3v) is 3.85. The number of aromatic nitrogens is 2. The van der Waals surface area contributed by atoms with Crippen LogP contribution < -0.4 is 5.32 Å². The van der Waals surface area contributed by atoms with E-state index < -0.39 is 0 Å². The van der Waals surface area contributed by atoms with Crippen LogP contribution in [-0.4, -0.2) is 28.2 Å². The van der Waals surface area contributed by atoms with E-state index >= 15 is 0 Å². The van der Waals surface area contributed by atoms with Crippen LogP contribution in [0.5, 0.6) is 0 Å². The first-order chi connectivity index (χ1) is 7.43. The van der Waals surface area contributed by atoms with Gasteiger partial charge in [-0.3, -0.25) is 0 Å². The van der Waals surface area contributed by atoms with Gasteiger partial charge in [-0.05, 0) is 24.5 Å². The summed E-state index contributed by atoms with van der Waals surface area (Å²) in [5, 5.41) is 3.44. The Morgan fingerprint density at radius 3 is 3.00 bits per heavy atom. The predicted octanol–water partition coefficient (Wildman–Crippen LogP) is 2.80. The van der Waals surface area contributed by atoms with Crippen LogP contribution in [0.15, 0.2) is 10.7 Å². The quantitative estimate of drug-likeness (QED) is 0.536. The second-order valence-corrected chi connectivity index (χ2v) is 5.49. The molecule has 1 heterocycles. The molecule has 0 amide bonds. The largest absolute Gasteiger partial charge is 0.316 e. The van der Waals surface area contributed by atoms with Crippen LogP contribution >= 0.6 is 23.3 Å². The van der Waals surface area contributed by atoms with Gasteiger partial charge in [0.25, 0.3) is 0 Å². The minimum Gasteiger partial charge on any atom is -0.316 e. The van der Waals surface area contributed by atoms with E-state index in [1.54, 1.807) is 18.1 Å². The molecule has 1 aromatic heterocycles. The zero-order chi connectivity index (χ0) is 10.8. The molecule has 0 aliphatic heterocycles. The molecule has 0 spiro atoms. The Labute approximate surface area is 100 Å². The van der Waals surface area contributed by atoms with Gasteiger partial charge in [0, 0.05) is 12.3 Å². The van der Waals surface area contributed by atoms with Crippen molar-refractivity contribution >= 4 is 23.3 Å². The first kappa shape index (κ1) is 12.9. The standard InChI is InChI=1S/C10H19N3S2/c1-2-3-4-5-6-11-7-8-14-10-12-9-13-15-10/h9,11H,2-8H2,1H3. The van der Waals surface area contributed by atoms with E-state index in [9.17, 15) is 0 Å². The summed E-state index contributed by atoms with van der Waals surface area (Å²) in [6.07, 6.45) is 6.95. The van der Waals surface area contributed by atoms with E-state index in [4.69, 9.17) is 0 Å².